The van der Waals surface area contributed by atoms with Crippen LogP contribution in [0.5, 0.6) is 0 Å². The van der Waals surface area contributed by atoms with Gasteiger partial charge in [-0.15, -0.1) is 0 Å². The molecule has 1 aromatic carbocycles. The number of carbonyl (C=O) groups excluding carboxylic acids is 2. The van der Waals surface area contributed by atoms with Crippen molar-refractivity contribution in [1.29, 1.82) is 0 Å². The van der Waals surface area contributed by atoms with Gasteiger partial charge in [-0.05, 0) is 41.4 Å². The van der Waals surface area contributed by atoms with Gasteiger partial charge < -0.3 is 5.32 Å². The molecule has 0 atom stereocenters. The van der Waals surface area contributed by atoms with E-state index < -0.39 is 0 Å². The number of rotatable bonds is 1. The summed E-state index contributed by atoms with van der Waals surface area (Å²) >= 11 is 6.26. The van der Waals surface area contributed by atoms with Crippen molar-refractivity contribution in [1.82, 2.24) is 5.32 Å². The van der Waals surface area contributed by atoms with Gasteiger partial charge in [0.15, 0.2) is 11.6 Å². The molecular weight excluding hydrogens is 358 g/mol. The number of carbonyl (C=O) groups is 2. The molecule has 0 amide bonds. The molecule has 0 aromatic heterocycles. The smallest absolute Gasteiger partial charge is 0.162 e. The molecule has 0 saturated heterocycles. The van der Waals surface area contributed by atoms with Crippen LogP contribution in [-0.4, -0.2) is 11.6 Å². The summed E-state index contributed by atoms with van der Waals surface area (Å²) in [5.74, 6) is -0.0204. The molecule has 4 rings (SSSR count). The fraction of sp³-hybridized carbons (Fsp3) is 0.478. The molecule has 2 aliphatic carbocycles. The van der Waals surface area contributed by atoms with Crippen LogP contribution in [0.15, 0.2) is 46.8 Å². The van der Waals surface area contributed by atoms with E-state index in [2.05, 4.69) is 33.0 Å². The number of hydrogen-bond acceptors (Lipinski definition) is 3. The van der Waals surface area contributed by atoms with Gasteiger partial charge in [-0.1, -0.05) is 51.4 Å². The van der Waals surface area contributed by atoms with E-state index in [-0.39, 0.29) is 28.3 Å². The monoisotopic (exact) mass is 383 g/mol. The lowest BCUT2D eigenvalue weighted by Crippen LogP contribution is -2.42. The molecule has 4 heteroatoms. The van der Waals surface area contributed by atoms with E-state index in [0.29, 0.717) is 17.9 Å². The number of hydrogen-bond donors (Lipinski definition) is 1. The maximum Gasteiger partial charge on any atom is 0.162 e. The van der Waals surface area contributed by atoms with Crippen molar-refractivity contribution in [2.24, 2.45) is 10.8 Å². The van der Waals surface area contributed by atoms with Gasteiger partial charge in [0, 0.05) is 46.3 Å². The number of halogens is 1. The minimum Gasteiger partial charge on any atom is -0.362 e. The molecule has 0 spiro atoms. The quantitative estimate of drug-likeness (QED) is 0.714. The summed E-state index contributed by atoms with van der Waals surface area (Å²) in [6, 6.07) is 7.60. The van der Waals surface area contributed by atoms with E-state index in [1.807, 2.05) is 24.3 Å². The Kier molecular flexibility index (Phi) is 4.15. The van der Waals surface area contributed by atoms with Crippen LogP contribution in [0.3, 0.4) is 0 Å². The number of ketones is 2. The van der Waals surface area contributed by atoms with Gasteiger partial charge in [0.1, 0.15) is 0 Å². The summed E-state index contributed by atoms with van der Waals surface area (Å²) < 4.78 is 0. The number of nitrogens with one attached hydrogen (secondary N) is 1. The van der Waals surface area contributed by atoms with Crippen molar-refractivity contribution < 1.29 is 9.59 Å². The maximum atomic E-state index is 13.2. The van der Waals surface area contributed by atoms with E-state index in [1.165, 1.54) is 0 Å². The van der Waals surface area contributed by atoms with Gasteiger partial charge in [-0.3, -0.25) is 9.59 Å². The maximum absolute atomic E-state index is 13.2. The zero-order chi connectivity index (χ0) is 19.6. The van der Waals surface area contributed by atoms with Crippen molar-refractivity contribution in [3.63, 3.8) is 0 Å². The SMILES string of the molecule is CC1(C)CC(=O)C2=C(C1)NC1=C(C(=O)CC(C)(C)C1)C2c1cccc(Cl)c1. The highest BCUT2D eigenvalue weighted by Gasteiger charge is 2.46. The Morgan fingerprint density at radius 1 is 0.889 bits per heavy atom. The average Bonchev–Trinajstić information content (AvgIpc) is 2.50. The summed E-state index contributed by atoms with van der Waals surface area (Å²) in [5, 5.41) is 4.16. The third-order valence-corrected chi connectivity index (χ3v) is 6.14. The van der Waals surface area contributed by atoms with Crippen LogP contribution in [0.1, 0.15) is 64.9 Å². The summed E-state index contributed by atoms with van der Waals surface area (Å²) in [6.07, 6.45) is 2.65. The Morgan fingerprint density at radius 2 is 1.41 bits per heavy atom. The normalized spacial score (nSPS) is 24.5. The molecule has 0 fully saturated rings. The van der Waals surface area contributed by atoms with Crippen LogP contribution < -0.4 is 5.32 Å². The first-order valence-electron chi connectivity index (χ1n) is 9.61. The van der Waals surface area contributed by atoms with Gasteiger partial charge in [0.05, 0.1) is 0 Å². The molecular formula is C23H26ClNO2. The van der Waals surface area contributed by atoms with Crippen LogP contribution in [0.2, 0.25) is 5.02 Å². The van der Waals surface area contributed by atoms with E-state index in [0.717, 1.165) is 40.9 Å². The third kappa shape index (κ3) is 3.27. The second kappa shape index (κ2) is 6.07. The molecule has 0 bridgehead atoms. The van der Waals surface area contributed by atoms with Crippen molar-refractivity contribution in [3.8, 4) is 0 Å². The minimum atomic E-state index is -0.304. The van der Waals surface area contributed by atoms with Gasteiger partial charge in [0.25, 0.3) is 0 Å². The second-order valence-corrected chi connectivity index (χ2v) is 10.2. The molecule has 27 heavy (non-hydrogen) atoms. The van der Waals surface area contributed by atoms with Crippen LogP contribution in [0, 0.1) is 10.8 Å². The summed E-state index contributed by atoms with van der Waals surface area (Å²) in [5.41, 5.74) is 4.30. The molecule has 0 radical (unpaired) electrons. The molecule has 142 valence electrons. The lowest BCUT2D eigenvalue weighted by molar-refractivity contribution is -0.119. The van der Waals surface area contributed by atoms with Crippen LogP contribution in [0.4, 0.5) is 0 Å². The third-order valence-electron chi connectivity index (χ3n) is 5.90. The molecule has 0 unspecified atom stereocenters. The predicted octanol–water partition coefficient (Wildman–Crippen LogP) is 5.31. The van der Waals surface area contributed by atoms with Gasteiger partial charge in [-0.2, -0.15) is 0 Å². The number of Topliss-reactive ketones (excluding diaryl/α,β-unsaturated/α-hetero) is 2. The Morgan fingerprint density at radius 3 is 1.89 bits per heavy atom. The second-order valence-electron chi connectivity index (χ2n) is 9.78. The number of benzene rings is 1. The fourth-order valence-corrected chi connectivity index (χ4v) is 5.11. The van der Waals surface area contributed by atoms with Gasteiger partial charge >= 0.3 is 0 Å². The zero-order valence-corrected chi connectivity index (χ0v) is 17.2. The molecule has 0 saturated carbocycles. The number of allylic oxidation sites excluding steroid dienone is 4. The summed E-state index contributed by atoms with van der Waals surface area (Å²) in [7, 11) is 0. The molecule has 1 aliphatic heterocycles. The van der Waals surface area contributed by atoms with Gasteiger partial charge in [0.2, 0.25) is 0 Å². The highest BCUT2D eigenvalue weighted by molar-refractivity contribution is 6.30. The highest BCUT2D eigenvalue weighted by atomic mass is 35.5. The zero-order valence-electron chi connectivity index (χ0n) is 16.4. The molecule has 3 aliphatic rings. The molecule has 1 heterocycles. The van der Waals surface area contributed by atoms with Crippen molar-refractivity contribution in [2.75, 3.05) is 0 Å². The Bertz CT molecular complexity index is 868. The Labute approximate surface area is 165 Å². The van der Waals surface area contributed by atoms with Crippen LogP contribution >= 0.6 is 11.6 Å². The first kappa shape index (κ1) is 18.5. The van der Waals surface area contributed by atoms with Crippen LogP contribution in [-0.2, 0) is 9.59 Å². The largest absolute Gasteiger partial charge is 0.362 e. The molecule has 1 aromatic rings. The van der Waals surface area contributed by atoms with Crippen molar-refractivity contribution >= 4 is 23.2 Å². The van der Waals surface area contributed by atoms with Crippen molar-refractivity contribution in [3.05, 3.63) is 57.4 Å². The Balaban J connectivity index is 1.92. The van der Waals surface area contributed by atoms with Crippen LogP contribution in [0.25, 0.3) is 0 Å². The topological polar surface area (TPSA) is 46.2 Å². The molecule has 3 nitrogen and oxygen atoms in total. The minimum absolute atomic E-state index is 0.0753. The first-order chi connectivity index (χ1) is 12.6. The summed E-state index contributed by atoms with van der Waals surface area (Å²) in [4.78, 5) is 26.3. The van der Waals surface area contributed by atoms with E-state index in [4.69, 9.17) is 11.6 Å². The van der Waals surface area contributed by atoms with E-state index in [9.17, 15) is 9.59 Å². The summed E-state index contributed by atoms with van der Waals surface area (Å²) in [6.45, 7) is 8.52. The standard InChI is InChI=1S/C23H26ClNO2/c1-22(2)9-15-20(17(26)11-22)19(13-6-5-7-14(24)8-13)21-16(25-15)10-23(3,4)12-18(21)27/h5-8,19,25H,9-12H2,1-4H3. The highest BCUT2D eigenvalue weighted by Crippen LogP contribution is 2.51. The fourth-order valence-electron chi connectivity index (χ4n) is 4.91. The van der Waals surface area contributed by atoms with Gasteiger partial charge in [-0.25, -0.2) is 0 Å². The predicted molar refractivity (Wildman–Crippen MR) is 107 cm³/mol. The Hall–Kier alpha value is -1.87. The lowest BCUT2D eigenvalue weighted by atomic mass is 9.64. The first-order valence-corrected chi connectivity index (χ1v) is 9.99. The number of dihydropyridines is 1. The lowest BCUT2D eigenvalue weighted by Gasteiger charge is -2.44. The average molecular weight is 384 g/mol. The van der Waals surface area contributed by atoms with E-state index >= 15 is 0 Å². The van der Waals surface area contributed by atoms with E-state index in [1.54, 1.807) is 0 Å². The van der Waals surface area contributed by atoms with Crippen molar-refractivity contribution in [2.45, 2.75) is 59.3 Å². The molecule has 1 N–H and O–H groups in total.